The maximum absolute atomic E-state index is 13.0. The number of likely N-dealkylation sites (N-methyl/N-ethyl adjacent to an activating group) is 1. The van der Waals surface area contributed by atoms with Crippen LogP contribution in [0.3, 0.4) is 0 Å². The van der Waals surface area contributed by atoms with Gasteiger partial charge >= 0.3 is 6.18 Å². The van der Waals surface area contributed by atoms with Gasteiger partial charge < -0.3 is 15.5 Å². The number of benzene rings is 1. The number of halogens is 3. The summed E-state index contributed by atoms with van der Waals surface area (Å²) in [6.07, 6.45) is 11.0. The third-order valence-electron chi connectivity index (χ3n) is 6.98. The van der Waals surface area contributed by atoms with E-state index in [2.05, 4.69) is 56.4 Å². The smallest absolute Gasteiger partial charge is 0.382 e. The largest absolute Gasteiger partial charge is 0.416 e. The van der Waals surface area contributed by atoms with Crippen LogP contribution in [-0.2, 0) is 22.3 Å². The highest BCUT2D eigenvalue weighted by Gasteiger charge is 2.33. The minimum Gasteiger partial charge on any atom is -0.382 e. The number of nitrogens with one attached hydrogen (secondary N) is 2. The van der Waals surface area contributed by atoms with Crippen LogP contribution in [0.1, 0.15) is 89.8 Å². The number of aldehydes is 1. The van der Waals surface area contributed by atoms with Crippen molar-refractivity contribution in [1.29, 1.82) is 0 Å². The summed E-state index contributed by atoms with van der Waals surface area (Å²) in [6.45, 7) is 24.3. The first-order valence-corrected chi connectivity index (χ1v) is 15.4. The van der Waals surface area contributed by atoms with Gasteiger partial charge in [-0.25, -0.2) is 0 Å². The summed E-state index contributed by atoms with van der Waals surface area (Å²) in [5.74, 6) is 0.178. The lowest BCUT2D eigenvalue weighted by atomic mass is 9.93. The van der Waals surface area contributed by atoms with Gasteiger partial charge in [-0.2, -0.15) is 13.2 Å². The van der Waals surface area contributed by atoms with E-state index in [1.165, 1.54) is 12.1 Å². The number of alkyl halides is 3. The summed E-state index contributed by atoms with van der Waals surface area (Å²) in [5, 5.41) is 6.15. The van der Waals surface area contributed by atoms with Crippen LogP contribution in [0.15, 0.2) is 80.1 Å². The van der Waals surface area contributed by atoms with Gasteiger partial charge in [0, 0.05) is 37.3 Å². The van der Waals surface area contributed by atoms with Crippen molar-refractivity contribution in [3.8, 4) is 0 Å². The van der Waals surface area contributed by atoms with E-state index in [1.807, 2.05) is 46.9 Å². The molecule has 8 heteroatoms. The van der Waals surface area contributed by atoms with Crippen molar-refractivity contribution in [3.63, 3.8) is 0 Å². The maximum Gasteiger partial charge on any atom is 0.416 e. The third kappa shape index (κ3) is 18.3. The molecule has 0 saturated heterocycles. The van der Waals surface area contributed by atoms with Crippen LogP contribution < -0.4 is 10.6 Å². The average Bonchev–Trinajstić information content (AvgIpc) is 3.18. The predicted octanol–water partition coefficient (Wildman–Crippen LogP) is 8.76. The summed E-state index contributed by atoms with van der Waals surface area (Å²) >= 11 is 0. The van der Waals surface area contributed by atoms with Crippen LogP contribution in [0, 0.1) is 5.92 Å². The fraction of sp³-hybridized carbons (Fsp3) is 0.500. The van der Waals surface area contributed by atoms with Gasteiger partial charge in [-0.3, -0.25) is 9.59 Å². The Kier molecular flexibility index (Phi) is 24.3. The molecule has 2 atom stereocenters. The van der Waals surface area contributed by atoms with Gasteiger partial charge in [0.05, 0.1) is 5.56 Å². The van der Waals surface area contributed by atoms with E-state index in [4.69, 9.17) is 4.79 Å². The highest BCUT2D eigenvalue weighted by atomic mass is 19.4. The van der Waals surface area contributed by atoms with Crippen molar-refractivity contribution in [2.24, 2.45) is 5.92 Å². The molecule has 1 aliphatic rings. The van der Waals surface area contributed by atoms with Crippen LogP contribution in [0.5, 0.6) is 0 Å². The third-order valence-corrected chi connectivity index (χ3v) is 6.98. The van der Waals surface area contributed by atoms with Crippen LogP contribution in [0.2, 0.25) is 0 Å². The lowest BCUT2D eigenvalue weighted by Crippen LogP contribution is -2.35. The first kappa shape index (κ1) is 42.7. The van der Waals surface area contributed by atoms with Gasteiger partial charge in [-0.15, -0.1) is 0 Å². The number of carbonyl (C=O) groups is 2. The van der Waals surface area contributed by atoms with E-state index in [9.17, 15) is 18.0 Å². The highest BCUT2D eigenvalue weighted by molar-refractivity contribution is 5.79. The molecule has 44 heavy (non-hydrogen) atoms. The number of fused-ring (bicyclic) bond motifs is 1. The zero-order valence-electron chi connectivity index (χ0n) is 28.0. The second kappa shape index (κ2) is 25.0. The van der Waals surface area contributed by atoms with Gasteiger partial charge in [0.25, 0.3) is 0 Å². The van der Waals surface area contributed by atoms with E-state index in [0.29, 0.717) is 24.4 Å². The molecule has 0 fully saturated rings. The van der Waals surface area contributed by atoms with Crippen molar-refractivity contribution >= 4 is 12.2 Å². The van der Waals surface area contributed by atoms with Crippen molar-refractivity contribution in [2.75, 3.05) is 20.1 Å². The van der Waals surface area contributed by atoms with Crippen LogP contribution in [0.4, 0.5) is 13.2 Å². The Bertz CT molecular complexity index is 1040. The molecule has 1 aromatic carbocycles. The molecule has 0 aromatic heterocycles. The standard InChI is InChI=1S/C18H24F3NO.C8H13N.C7H15N.C3H4O/c1-4-13(5-2)17(23)22-9-8-12(3)16-7-6-15(18(19,20)21)10-14(16)11-22;1-4-6-7-9-8(3)5-2;1-4-5-6-7(2)8-3;1-2-3-4/h6-7,10,12-13H,4-5,8-9,11H2,1-3H3;4-6,9H,2-3,7H2,1H3;5-8H,4H2,1-3H3;2-3H,1H2/b;6-4-;6-5-;. The number of allylic oxidation sites excluding steroid dienone is 4. The van der Waals surface area contributed by atoms with Gasteiger partial charge in [0.2, 0.25) is 5.91 Å². The predicted molar refractivity (Wildman–Crippen MR) is 180 cm³/mol. The Morgan fingerprint density at radius 1 is 1.16 bits per heavy atom. The number of carbonyl (C=O) groups excluding carboxylic acids is 2. The molecule has 1 heterocycles. The second-order valence-electron chi connectivity index (χ2n) is 10.3. The summed E-state index contributed by atoms with van der Waals surface area (Å²) in [7, 11) is 1.96. The van der Waals surface area contributed by atoms with Crippen molar-refractivity contribution < 1.29 is 22.8 Å². The monoisotopic (exact) mass is 619 g/mol. The van der Waals surface area contributed by atoms with Gasteiger partial charge in [0.1, 0.15) is 6.29 Å². The molecule has 0 bridgehead atoms. The van der Waals surface area contributed by atoms with Gasteiger partial charge in [-0.1, -0.05) is 77.8 Å². The molecule has 248 valence electrons. The summed E-state index contributed by atoms with van der Waals surface area (Å²) in [6, 6.07) is 4.46. The Morgan fingerprint density at radius 2 is 1.77 bits per heavy atom. The molecule has 2 N–H and O–H groups in total. The minimum atomic E-state index is -4.35. The van der Waals surface area contributed by atoms with E-state index in [0.717, 1.165) is 49.6 Å². The minimum absolute atomic E-state index is 0.0438. The molecule has 2 unspecified atom stereocenters. The number of amides is 1. The van der Waals surface area contributed by atoms with Crippen LogP contribution in [0.25, 0.3) is 0 Å². The summed E-state index contributed by atoms with van der Waals surface area (Å²) in [5.41, 5.74) is 1.79. The first-order valence-electron chi connectivity index (χ1n) is 15.4. The Hall–Kier alpha value is -3.39. The molecule has 1 aliphatic heterocycles. The zero-order valence-corrected chi connectivity index (χ0v) is 28.0. The molecular formula is C36H56F3N3O2. The van der Waals surface area contributed by atoms with Crippen molar-refractivity contribution in [1.82, 2.24) is 15.5 Å². The lowest BCUT2D eigenvalue weighted by Gasteiger charge is -2.25. The molecule has 0 spiro atoms. The summed E-state index contributed by atoms with van der Waals surface area (Å²) in [4.78, 5) is 23.4. The Morgan fingerprint density at radius 3 is 2.23 bits per heavy atom. The SMILES string of the molecule is C=CC(=C)NC/C=C\C.C=CC=O.CC/C=C\C(C)NC.CCC(CC)C(=O)N1CCC(C)c2ccc(C(F)(F)F)cc2C1. The van der Waals surface area contributed by atoms with E-state index >= 15 is 0 Å². The lowest BCUT2D eigenvalue weighted by molar-refractivity contribution is -0.137. The normalized spacial score (nSPS) is 14.9. The average molecular weight is 620 g/mol. The fourth-order valence-corrected chi connectivity index (χ4v) is 4.09. The fourth-order valence-electron chi connectivity index (χ4n) is 4.09. The van der Waals surface area contributed by atoms with Gasteiger partial charge in [0.15, 0.2) is 0 Å². The second-order valence-corrected chi connectivity index (χ2v) is 10.3. The molecule has 2 rings (SSSR count). The van der Waals surface area contributed by atoms with Crippen LogP contribution >= 0.6 is 0 Å². The molecule has 0 saturated carbocycles. The first-order chi connectivity index (χ1) is 20.8. The molecular weight excluding hydrogens is 563 g/mol. The van der Waals surface area contributed by atoms with Gasteiger partial charge in [-0.05, 0) is 87.9 Å². The molecule has 5 nitrogen and oxygen atoms in total. The van der Waals surface area contributed by atoms with E-state index in [1.54, 1.807) is 17.0 Å². The highest BCUT2D eigenvalue weighted by Crippen LogP contribution is 2.35. The number of hydrogen-bond acceptors (Lipinski definition) is 4. The number of rotatable bonds is 11. The van der Waals surface area contributed by atoms with E-state index in [-0.39, 0.29) is 24.3 Å². The quantitative estimate of drug-likeness (QED) is 0.113. The molecule has 0 aliphatic carbocycles. The van der Waals surface area contributed by atoms with Crippen LogP contribution in [-0.4, -0.2) is 43.3 Å². The zero-order chi connectivity index (χ0) is 34.1. The number of hydrogen-bond donors (Lipinski definition) is 2. The summed E-state index contributed by atoms with van der Waals surface area (Å²) < 4.78 is 38.9. The number of nitrogens with zero attached hydrogens (tertiary/aromatic N) is 1. The molecule has 1 amide bonds. The van der Waals surface area contributed by atoms with Crippen molar-refractivity contribution in [2.45, 2.75) is 91.9 Å². The van der Waals surface area contributed by atoms with E-state index < -0.39 is 11.7 Å². The van der Waals surface area contributed by atoms with Crippen molar-refractivity contribution in [3.05, 3.63) is 96.8 Å². The topological polar surface area (TPSA) is 61.4 Å². The Labute approximate surface area is 265 Å². The Balaban J connectivity index is 0. The molecule has 1 aromatic rings. The maximum atomic E-state index is 13.0. The molecule has 0 radical (unpaired) electrons.